The van der Waals surface area contributed by atoms with E-state index in [0.717, 1.165) is 0 Å². The van der Waals surface area contributed by atoms with E-state index in [1.807, 2.05) is 0 Å². The number of tetrazole rings is 1. The number of amides is 1. The van der Waals surface area contributed by atoms with E-state index in [4.69, 9.17) is 10.5 Å². The Kier molecular flexibility index (Phi) is 4.70. The number of ether oxygens (including phenoxy) is 1. The Labute approximate surface area is 159 Å². The zero-order chi connectivity index (χ0) is 19.7. The number of nitrogens with two attached hydrogens (primary N) is 1. The molecule has 1 amide bonds. The van der Waals surface area contributed by atoms with Gasteiger partial charge in [-0.2, -0.15) is 4.80 Å². The van der Waals surface area contributed by atoms with Crippen molar-refractivity contribution in [2.75, 3.05) is 18.0 Å². The number of carbonyl (C=O) groups is 1. The predicted octanol–water partition coefficient (Wildman–Crippen LogP) is 1.75. The summed E-state index contributed by atoms with van der Waals surface area (Å²) >= 11 is 0. The van der Waals surface area contributed by atoms with Crippen molar-refractivity contribution in [2.24, 2.45) is 12.8 Å². The molecule has 1 saturated heterocycles. The van der Waals surface area contributed by atoms with Crippen molar-refractivity contribution in [2.45, 2.75) is 12.5 Å². The maximum absolute atomic E-state index is 14.7. The summed E-state index contributed by atoms with van der Waals surface area (Å²) in [6.45, 7) is 0.780. The highest BCUT2D eigenvalue weighted by Gasteiger charge is 2.32. The number of aryl methyl sites for hydroxylation is 1. The number of benzene rings is 1. The lowest BCUT2D eigenvalue weighted by Gasteiger charge is -2.14. The van der Waals surface area contributed by atoms with Crippen LogP contribution in [0.15, 0.2) is 36.5 Å². The normalized spacial score (nSPS) is 16.5. The predicted molar refractivity (Wildman–Crippen MR) is 98.7 cm³/mol. The highest BCUT2D eigenvalue weighted by Crippen LogP contribution is 2.29. The van der Waals surface area contributed by atoms with Crippen LogP contribution in [0.4, 0.5) is 14.9 Å². The molecule has 3 aromatic rings. The van der Waals surface area contributed by atoms with Gasteiger partial charge < -0.3 is 10.5 Å². The van der Waals surface area contributed by atoms with Crippen molar-refractivity contribution in [3.05, 3.63) is 42.3 Å². The molecule has 1 aliphatic heterocycles. The van der Waals surface area contributed by atoms with E-state index in [-0.39, 0.29) is 6.10 Å². The highest BCUT2D eigenvalue weighted by atomic mass is 19.1. The minimum atomic E-state index is -0.493. The Balaban J connectivity index is 1.56. The van der Waals surface area contributed by atoms with Gasteiger partial charge in [0.15, 0.2) is 0 Å². The van der Waals surface area contributed by atoms with Gasteiger partial charge in [-0.05, 0) is 42.4 Å². The van der Waals surface area contributed by atoms with Crippen molar-refractivity contribution in [3.8, 4) is 22.6 Å². The highest BCUT2D eigenvalue weighted by molar-refractivity contribution is 5.90. The molecule has 2 aromatic heterocycles. The summed E-state index contributed by atoms with van der Waals surface area (Å²) in [5.41, 5.74) is 7.47. The van der Waals surface area contributed by atoms with Crippen LogP contribution >= 0.6 is 0 Å². The number of carbonyl (C=O) groups excluding carboxylic acids is 1. The molecule has 2 N–H and O–H groups in total. The zero-order valence-corrected chi connectivity index (χ0v) is 15.1. The fourth-order valence-corrected chi connectivity index (χ4v) is 3.05. The van der Waals surface area contributed by atoms with Crippen LogP contribution in [-0.2, 0) is 11.8 Å². The third-order valence-corrected chi connectivity index (χ3v) is 4.44. The summed E-state index contributed by atoms with van der Waals surface area (Å²) in [6.07, 6.45) is 1.35. The number of nitrogens with zero attached hydrogens (tertiary/aromatic N) is 6. The molecule has 1 atom stereocenters. The second-order valence-electron chi connectivity index (χ2n) is 6.39. The van der Waals surface area contributed by atoms with Gasteiger partial charge in [-0.25, -0.2) is 9.18 Å². The van der Waals surface area contributed by atoms with Gasteiger partial charge >= 0.3 is 6.09 Å². The van der Waals surface area contributed by atoms with Gasteiger partial charge in [0.05, 0.1) is 19.3 Å². The lowest BCUT2D eigenvalue weighted by atomic mass is 10.1. The molecule has 10 heteroatoms. The lowest BCUT2D eigenvalue weighted by Crippen LogP contribution is -2.25. The van der Waals surface area contributed by atoms with Crippen LogP contribution in [0.3, 0.4) is 0 Å². The van der Waals surface area contributed by atoms with Crippen molar-refractivity contribution in [3.63, 3.8) is 0 Å². The quantitative estimate of drug-likeness (QED) is 0.714. The molecule has 0 bridgehead atoms. The number of hydrogen-bond donors (Lipinski definition) is 1. The molecule has 3 heterocycles. The Morgan fingerprint density at radius 2 is 2.18 bits per heavy atom. The third-order valence-electron chi connectivity index (χ3n) is 4.44. The van der Waals surface area contributed by atoms with Gasteiger partial charge in [0.25, 0.3) is 0 Å². The van der Waals surface area contributed by atoms with Gasteiger partial charge in [0.1, 0.15) is 17.6 Å². The number of pyridine rings is 1. The SMILES string of the molecule is Cn1nnc(-c2ccc(-c3ccc(N4C[C@H](CCN)OC4=O)cc3F)cn2)n1. The molecule has 0 spiro atoms. The fourth-order valence-electron chi connectivity index (χ4n) is 3.05. The second-order valence-corrected chi connectivity index (χ2v) is 6.39. The molecular weight excluding hydrogens is 365 g/mol. The smallest absolute Gasteiger partial charge is 0.414 e. The summed E-state index contributed by atoms with van der Waals surface area (Å²) in [5, 5.41) is 11.7. The molecule has 0 unspecified atom stereocenters. The molecule has 1 fully saturated rings. The number of rotatable bonds is 5. The van der Waals surface area contributed by atoms with Crippen molar-refractivity contribution < 1.29 is 13.9 Å². The van der Waals surface area contributed by atoms with E-state index in [1.165, 1.54) is 15.8 Å². The summed E-state index contributed by atoms with van der Waals surface area (Å²) < 4.78 is 20.0. The van der Waals surface area contributed by atoms with Crippen LogP contribution in [0, 0.1) is 5.82 Å². The van der Waals surface area contributed by atoms with Crippen LogP contribution in [-0.4, -0.2) is 50.5 Å². The minimum absolute atomic E-state index is 0.272. The number of hydrogen-bond acceptors (Lipinski definition) is 7. The van der Waals surface area contributed by atoms with E-state index in [0.29, 0.717) is 47.8 Å². The van der Waals surface area contributed by atoms with Crippen molar-refractivity contribution >= 4 is 11.8 Å². The Morgan fingerprint density at radius 3 is 2.82 bits per heavy atom. The molecule has 0 radical (unpaired) electrons. The van der Waals surface area contributed by atoms with Crippen LogP contribution in [0.1, 0.15) is 6.42 Å². The maximum atomic E-state index is 14.7. The minimum Gasteiger partial charge on any atom is -0.444 e. The number of anilines is 1. The topological polar surface area (TPSA) is 112 Å². The van der Waals surface area contributed by atoms with Gasteiger partial charge in [-0.15, -0.1) is 10.2 Å². The molecular formula is C18H18FN7O2. The standard InChI is InChI=1S/C18H18FN7O2/c1-25-23-17(22-24-25)16-5-2-11(9-21-16)14-4-3-12(8-15(14)19)26-10-13(6-7-20)28-18(26)27/h2-5,8-9,13H,6-7,10,20H2,1H3/t13-/m0/s1. The van der Waals surface area contributed by atoms with Gasteiger partial charge in [0, 0.05) is 17.3 Å². The van der Waals surface area contributed by atoms with Crippen molar-refractivity contribution in [1.82, 2.24) is 25.2 Å². The van der Waals surface area contributed by atoms with Gasteiger partial charge in [-0.3, -0.25) is 9.88 Å². The van der Waals surface area contributed by atoms with Crippen LogP contribution in [0.2, 0.25) is 0 Å². The Hall–Kier alpha value is -3.40. The summed E-state index contributed by atoms with van der Waals surface area (Å²) in [4.78, 5) is 19.0. The second kappa shape index (κ2) is 7.31. The Morgan fingerprint density at radius 1 is 1.32 bits per heavy atom. The summed E-state index contributed by atoms with van der Waals surface area (Å²) in [6, 6.07) is 8.06. The molecule has 0 aliphatic carbocycles. The van der Waals surface area contributed by atoms with Crippen LogP contribution in [0.25, 0.3) is 22.6 Å². The molecule has 4 rings (SSSR count). The first-order valence-corrected chi connectivity index (χ1v) is 8.73. The van der Waals surface area contributed by atoms with E-state index < -0.39 is 11.9 Å². The number of cyclic esters (lactones) is 1. The molecule has 0 saturated carbocycles. The molecule has 28 heavy (non-hydrogen) atoms. The first-order chi connectivity index (χ1) is 13.5. The monoisotopic (exact) mass is 383 g/mol. The zero-order valence-electron chi connectivity index (χ0n) is 15.1. The Bertz CT molecular complexity index is 1010. The number of halogens is 1. The average molecular weight is 383 g/mol. The molecule has 1 aliphatic rings. The molecule has 9 nitrogen and oxygen atoms in total. The van der Waals surface area contributed by atoms with E-state index in [9.17, 15) is 9.18 Å². The fraction of sp³-hybridized carbons (Fsp3) is 0.278. The molecule has 1 aromatic carbocycles. The largest absolute Gasteiger partial charge is 0.444 e. The maximum Gasteiger partial charge on any atom is 0.414 e. The lowest BCUT2D eigenvalue weighted by molar-refractivity contribution is 0.138. The third kappa shape index (κ3) is 3.41. The van der Waals surface area contributed by atoms with E-state index in [1.54, 1.807) is 37.5 Å². The van der Waals surface area contributed by atoms with Gasteiger partial charge in [-0.1, -0.05) is 6.07 Å². The van der Waals surface area contributed by atoms with Crippen molar-refractivity contribution in [1.29, 1.82) is 0 Å². The first kappa shape index (κ1) is 18.0. The van der Waals surface area contributed by atoms with Crippen LogP contribution in [0.5, 0.6) is 0 Å². The molecule has 144 valence electrons. The summed E-state index contributed by atoms with van der Waals surface area (Å²) in [5.74, 6) is -0.0656. The average Bonchev–Trinajstić information content (AvgIpc) is 3.28. The summed E-state index contributed by atoms with van der Waals surface area (Å²) in [7, 11) is 1.66. The van der Waals surface area contributed by atoms with Gasteiger partial charge in [0.2, 0.25) is 5.82 Å². The first-order valence-electron chi connectivity index (χ1n) is 8.73. The van der Waals surface area contributed by atoms with E-state index >= 15 is 0 Å². The van der Waals surface area contributed by atoms with Crippen LogP contribution < -0.4 is 10.6 Å². The van der Waals surface area contributed by atoms with E-state index in [2.05, 4.69) is 20.4 Å². The number of aromatic nitrogens is 5.